The van der Waals surface area contributed by atoms with E-state index >= 15 is 0 Å². The summed E-state index contributed by atoms with van der Waals surface area (Å²) in [5.74, 6) is 0.794. The predicted molar refractivity (Wildman–Crippen MR) is 75.5 cm³/mol. The van der Waals surface area contributed by atoms with Gasteiger partial charge in [0.25, 0.3) is 5.91 Å². The molecule has 0 radical (unpaired) electrons. The Bertz CT molecular complexity index is 675. The zero-order valence-electron chi connectivity index (χ0n) is 11.2. The Hall–Kier alpha value is -2.94. The number of nitriles is 1. The molecule has 1 heterocycles. The lowest BCUT2D eigenvalue weighted by atomic mass is 10.1. The molecule has 0 atom stereocenters. The van der Waals surface area contributed by atoms with Gasteiger partial charge >= 0.3 is 0 Å². The van der Waals surface area contributed by atoms with E-state index in [0.29, 0.717) is 22.8 Å². The van der Waals surface area contributed by atoms with Crippen LogP contribution in [0.2, 0.25) is 0 Å². The van der Waals surface area contributed by atoms with Crippen LogP contribution in [-0.2, 0) is 0 Å². The summed E-state index contributed by atoms with van der Waals surface area (Å²) < 4.78 is 0. The van der Waals surface area contributed by atoms with Crippen molar-refractivity contribution in [2.75, 3.05) is 24.3 Å². The van der Waals surface area contributed by atoms with Gasteiger partial charge in [-0.25, -0.2) is 9.97 Å². The zero-order chi connectivity index (χ0) is 14.5. The number of carbonyl (C=O) groups excluding carboxylic acids is 1. The summed E-state index contributed by atoms with van der Waals surface area (Å²) in [7, 11) is 3.70. The number of nitrogens with one attached hydrogen (secondary N) is 1. The minimum atomic E-state index is -0.314. The Kier molecular flexibility index (Phi) is 3.91. The van der Waals surface area contributed by atoms with Crippen LogP contribution >= 0.6 is 0 Å². The largest absolute Gasteiger partial charge is 0.363 e. The summed E-state index contributed by atoms with van der Waals surface area (Å²) in [5.41, 5.74) is 0.850. The van der Waals surface area contributed by atoms with Crippen molar-refractivity contribution in [2.24, 2.45) is 0 Å². The third-order valence-corrected chi connectivity index (χ3v) is 2.61. The molecule has 6 nitrogen and oxygen atoms in total. The second-order valence-corrected chi connectivity index (χ2v) is 4.30. The van der Waals surface area contributed by atoms with E-state index in [2.05, 4.69) is 15.3 Å². The Labute approximate surface area is 116 Å². The molecule has 6 heteroatoms. The maximum absolute atomic E-state index is 12.1. The van der Waals surface area contributed by atoms with Gasteiger partial charge in [0.2, 0.25) is 0 Å². The Morgan fingerprint density at radius 2 is 2.10 bits per heavy atom. The average Bonchev–Trinajstić information content (AvgIpc) is 2.47. The predicted octanol–water partition coefficient (Wildman–Crippen LogP) is 1.67. The van der Waals surface area contributed by atoms with Crippen LogP contribution in [0.25, 0.3) is 0 Å². The molecule has 0 saturated carbocycles. The number of carbonyl (C=O) groups is 1. The second kappa shape index (κ2) is 5.80. The number of hydrogen-bond donors (Lipinski definition) is 1. The summed E-state index contributed by atoms with van der Waals surface area (Å²) in [6, 6.07) is 10.2. The molecule has 100 valence electrons. The molecule has 0 saturated heterocycles. The highest BCUT2D eigenvalue weighted by Crippen LogP contribution is 2.13. The molecule has 0 bridgehead atoms. The van der Waals surface area contributed by atoms with Gasteiger partial charge in [0.05, 0.1) is 11.6 Å². The van der Waals surface area contributed by atoms with Crippen LogP contribution in [-0.4, -0.2) is 30.0 Å². The molecule has 2 aromatic rings. The van der Waals surface area contributed by atoms with Crippen molar-refractivity contribution in [1.82, 2.24) is 9.97 Å². The van der Waals surface area contributed by atoms with E-state index in [9.17, 15) is 4.79 Å². The Morgan fingerprint density at radius 1 is 1.30 bits per heavy atom. The van der Waals surface area contributed by atoms with Crippen molar-refractivity contribution in [3.63, 3.8) is 0 Å². The minimum absolute atomic E-state index is 0.314. The van der Waals surface area contributed by atoms with Gasteiger partial charge in [-0.3, -0.25) is 4.79 Å². The molecule has 0 spiro atoms. The molecule has 0 aliphatic rings. The zero-order valence-corrected chi connectivity index (χ0v) is 11.2. The van der Waals surface area contributed by atoms with Gasteiger partial charge in [0.15, 0.2) is 0 Å². The highest BCUT2D eigenvalue weighted by Gasteiger charge is 2.08. The van der Waals surface area contributed by atoms with Crippen molar-refractivity contribution < 1.29 is 4.79 Å². The summed E-state index contributed by atoms with van der Waals surface area (Å²) in [6.45, 7) is 0. The van der Waals surface area contributed by atoms with E-state index in [1.54, 1.807) is 24.3 Å². The van der Waals surface area contributed by atoms with Crippen molar-refractivity contribution >= 4 is 17.5 Å². The topological polar surface area (TPSA) is 81.9 Å². The molecule has 0 fully saturated rings. The standard InChI is InChI=1S/C14H13N5O/c1-19(2)13-7-12(16-9-17-13)18-14(20)11-5-3-4-10(6-11)8-15/h3-7,9H,1-2H3,(H,16,17,18,20). The van der Waals surface area contributed by atoms with Gasteiger partial charge in [-0.05, 0) is 18.2 Å². The monoisotopic (exact) mass is 267 g/mol. The van der Waals surface area contributed by atoms with Crippen molar-refractivity contribution in [1.29, 1.82) is 5.26 Å². The Balaban J connectivity index is 2.19. The summed E-state index contributed by atoms with van der Waals surface area (Å²) in [5, 5.41) is 11.5. The molecule has 1 amide bonds. The number of benzene rings is 1. The van der Waals surface area contributed by atoms with Gasteiger partial charge in [-0.15, -0.1) is 0 Å². The van der Waals surface area contributed by atoms with E-state index in [4.69, 9.17) is 5.26 Å². The fourth-order valence-electron chi connectivity index (χ4n) is 1.58. The van der Waals surface area contributed by atoms with Crippen molar-refractivity contribution in [3.05, 3.63) is 47.8 Å². The smallest absolute Gasteiger partial charge is 0.256 e. The maximum atomic E-state index is 12.1. The highest BCUT2D eigenvalue weighted by molar-refractivity contribution is 6.04. The lowest BCUT2D eigenvalue weighted by Gasteiger charge is -2.12. The van der Waals surface area contributed by atoms with Crippen LogP contribution in [0, 0.1) is 11.3 Å². The number of amides is 1. The third kappa shape index (κ3) is 3.09. The fraction of sp³-hybridized carbons (Fsp3) is 0.143. The maximum Gasteiger partial charge on any atom is 0.256 e. The molecule has 20 heavy (non-hydrogen) atoms. The highest BCUT2D eigenvalue weighted by atomic mass is 16.1. The molecule has 0 unspecified atom stereocenters. The van der Waals surface area contributed by atoms with Gasteiger partial charge in [0.1, 0.15) is 18.0 Å². The average molecular weight is 267 g/mol. The van der Waals surface area contributed by atoms with Gasteiger partial charge in [-0.2, -0.15) is 5.26 Å². The van der Waals surface area contributed by atoms with Crippen LogP contribution < -0.4 is 10.2 Å². The first kappa shape index (κ1) is 13.5. The molecule has 1 N–H and O–H groups in total. The van der Waals surface area contributed by atoms with Crippen LogP contribution in [0.3, 0.4) is 0 Å². The SMILES string of the molecule is CN(C)c1cc(NC(=O)c2cccc(C#N)c2)ncn1. The molecular formula is C14H13N5O. The molecule has 1 aromatic carbocycles. The molecular weight excluding hydrogens is 254 g/mol. The summed E-state index contributed by atoms with van der Waals surface area (Å²) in [4.78, 5) is 21.9. The van der Waals surface area contributed by atoms with E-state index in [1.165, 1.54) is 12.4 Å². The van der Waals surface area contributed by atoms with E-state index in [1.807, 2.05) is 25.1 Å². The van der Waals surface area contributed by atoms with E-state index < -0.39 is 0 Å². The lowest BCUT2D eigenvalue weighted by Crippen LogP contribution is -2.15. The van der Waals surface area contributed by atoms with E-state index in [0.717, 1.165) is 0 Å². The number of hydrogen-bond acceptors (Lipinski definition) is 5. The quantitative estimate of drug-likeness (QED) is 0.914. The number of anilines is 2. The van der Waals surface area contributed by atoms with Crippen LogP contribution in [0.5, 0.6) is 0 Å². The molecule has 0 aliphatic heterocycles. The minimum Gasteiger partial charge on any atom is -0.363 e. The Morgan fingerprint density at radius 3 is 2.80 bits per heavy atom. The van der Waals surface area contributed by atoms with E-state index in [-0.39, 0.29) is 5.91 Å². The van der Waals surface area contributed by atoms with Crippen molar-refractivity contribution in [2.45, 2.75) is 0 Å². The summed E-state index contributed by atoms with van der Waals surface area (Å²) >= 11 is 0. The van der Waals surface area contributed by atoms with Crippen LogP contribution in [0.15, 0.2) is 36.7 Å². The molecule has 0 aliphatic carbocycles. The third-order valence-electron chi connectivity index (χ3n) is 2.61. The van der Waals surface area contributed by atoms with Gasteiger partial charge in [0, 0.05) is 25.7 Å². The first-order valence-electron chi connectivity index (χ1n) is 5.91. The normalized spacial score (nSPS) is 9.65. The van der Waals surface area contributed by atoms with Gasteiger partial charge in [-0.1, -0.05) is 6.07 Å². The van der Waals surface area contributed by atoms with Crippen LogP contribution in [0.1, 0.15) is 15.9 Å². The molecule has 2 rings (SSSR count). The lowest BCUT2D eigenvalue weighted by molar-refractivity contribution is 0.102. The first-order valence-corrected chi connectivity index (χ1v) is 5.91. The molecule has 1 aromatic heterocycles. The number of aromatic nitrogens is 2. The van der Waals surface area contributed by atoms with Crippen molar-refractivity contribution in [3.8, 4) is 6.07 Å². The summed E-state index contributed by atoms with van der Waals surface area (Å²) in [6.07, 6.45) is 1.39. The fourth-order valence-corrected chi connectivity index (χ4v) is 1.58. The first-order chi connectivity index (χ1) is 9.60. The second-order valence-electron chi connectivity index (χ2n) is 4.30. The number of nitrogens with zero attached hydrogens (tertiary/aromatic N) is 4. The van der Waals surface area contributed by atoms with Crippen LogP contribution in [0.4, 0.5) is 11.6 Å². The van der Waals surface area contributed by atoms with Gasteiger partial charge < -0.3 is 10.2 Å². The number of rotatable bonds is 3.